The summed E-state index contributed by atoms with van der Waals surface area (Å²) in [5, 5.41) is 8.17. The highest BCUT2D eigenvalue weighted by Gasteiger charge is 2.07. The van der Waals surface area contributed by atoms with E-state index in [9.17, 15) is 4.79 Å². The number of hydrogen-bond donors (Lipinski definition) is 3. The van der Waals surface area contributed by atoms with Gasteiger partial charge < -0.3 is 15.6 Å². The van der Waals surface area contributed by atoms with E-state index in [2.05, 4.69) is 40.0 Å². The fraction of sp³-hybridized carbons (Fsp3) is 0.250. The summed E-state index contributed by atoms with van der Waals surface area (Å²) in [5.41, 5.74) is 4.12. The SMILES string of the molecule is Cc1c(Cl)cccc1NC(=O)CCNCCc1c[nH]c2ccccc12. The maximum absolute atomic E-state index is 12.0. The number of aromatic amines is 1. The summed E-state index contributed by atoms with van der Waals surface area (Å²) in [6.45, 7) is 3.39. The summed E-state index contributed by atoms with van der Waals surface area (Å²) in [6.07, 6.45) is 3.42. The first-order valence-corrected chi connectivity index (χ1v) is 8.83. The third kappa shape index (κ3) is 4.41. The fourth-order valence-electron chi connectivity index (χ4n) is 2.84. The van der Waals surface area contributed by atoms with Crippen molar-refractivity contribution in [3.05, 3.63) is 64.8 Å². The summed E-state index contributed by atoms with van der Waals surface area (Å²) in [6, 6.07) is 13.8. The molecular formula is C20H22ClN3O. The molecule has 0 aliphatic heterocycles. The second-order valence-electron chi connectivity index (χ2n) is 6.07. The van der Waals surface area contributed by atoms with Crippen LogP contribution in [0.25, 0.3) is 10.9 Å². The molecule has 0 aliphatic rings. The van der Waals surface area contributed by atoms with Crippen molar-refractivity contribution in [1.29, 1.82) is 0 Å². The lowest BCUT2D eigenvalue weighted by molar-refractivity contribution is -0.116. The topological polar surface area (TPSA) is 56.9 Å². The summed E-state index contributed by atoms with van der Waals surface area (Å²) in [7, 11) is 0. The molecule has 0 bridgehead atoms. The number of anilines is 1. The number of rotatable bonds is 7. The van der Waals surface area contributed by atoms with E-state index in [4.69, 9.17) is 11.6 Å². The molecular weight excluding hydrogens is 334 g/mol. The predicted octanol–water partition coefficient (Wildman–Crippen LogP) is 4.29. The minimum Gasteiger partial charge on any atom is -0.361 e. The molecule has 0 radical (unpaired) electrons. The van der Waals surface area contributed by atoms with E-state index >= 15 is 0 Å². The Labute approximate surface area is 152 Å². The summed E-state index contributed by atoms with van der Waals surface area (Å²) in [5.74, 6) is -0.00930. The van der Waals surface area contributed by atoms with Crippen LogP contribution in [0, 0.1) is 6.92 Å². The van der Waals surface area contributed by atoms with Crippen LogP contribution >= 0.6 is 11.6 Å². The number of fused-ring (bicyclic) bond motifs is 1. The lowest BCUT2D eigenvalue weighted by atomic mass is 10.1. The van der Waals surface area contributed by atoms with E-state index in [-0.39, 0.29) is 5.91 Å². The predicted molar refractivity (Wildman–Crippen MR) is 104 cm³/mol. The number of halogens is 1. The van der Waals surface area contributed by atoms with E-state index < -0.39 is 0 Å². The average molecular weight is 356 g/mol. The zero-order chi connectivity index (χ0) is 17.6. The number of hydrogen-bond acceptors (Lipinski definition) is 2. The standard InChI is InChI=1S/C20H22ClN3O/c1-14-17(21)6-4-8-18(14)24-20(25)10-12-22-11-9-15-13-23-19-7-3-2-5-16(15)19/h2-8,13,22-23H,9-12H2,1H3,(H,24,25). The first kappa shape index (κ1) is 17.5. The molecule has 0 saturated carbocycles. The van der Waals surface area contributed by atoms with Gasteiger partial charge in [-0.2, -0.15) is 0 Å². The van der Waals surface area contributed by atoms with E-state index in [0.717, 1.165) is 29.7 Å². The number of para-hydroxylation sites is 1. The van der Waals surface area contributed by atoms with Gasteiger partial charge in [0.05, 0.1) is 0 Å². The third-order valence-electron chi connectivity index (χ3n) is 4.32. The lowest BCUT2D eigenvalue weighted by Crippen LogP contribution is -2.23. The van der Waals surface area contributed by atoms with Crippen LogP contribution in [0.1, 0.15) is 17.5 Å². The Morgan fingerprint density at radius 1 is 1.12 bits per heavy atom. The van der Waals surface area contributed by atoms with Crippen LogP contribution in [0.15, 0.2) is 48.7 Å². The number of amides is 1. The van der Waals surface area contributed by atoms with Crippen LogP contribution in [-0.4, -0.2) is 24.0 Å². The summed E-state index contributed by atoms with van der Waals surface area (Å²) in [4.78, 5) is 15.3. The number of benzene rings is 2. The molecule has 0 fully saturated rings. The molecule has 4 nitrogen and oxygen atoms in total. The van der Waals surface area contributed by atoms with E-state index in [1.807, 2.05) is 31.2 Å². The fourth-order valence-corrected chi connectivity index (χ4v) is 3.02. The van der Waals surface area contributed by atoms with E-state index in [0.29, 0.717) is 18.0 Å². The Bertz CT molecular complexity index is 872. The zero-order valence-electron chi connectivity index (χ0n) is 14.2. The summed E-state index contributed by atoms with van der Waals surface area (Å²) >= 11 is 6.07. The number of nitrogens with one attached hydrogen (secondary N) is 3. The Kier molecular flexibility index (Phi) is 5.74. The van der Waals surface area contributed by atoms with Gasteiger partial charge in [0.2, 0.25) is 5.91 Å². The lowest BCUT2D eigenvalue weighted by Gasteiger charge is -2.10. The molecule has 1 heterocycles. The highest BCUT2D eigenvalue weighted by Crippen LogP contribution is 2.23. The normalized spacial score (nSPS) is 11.0. The van der Waals surface area contributed by atoms with Gasteiger partial charge in [-0.15, -0.1) is 0 Å². The molecule has 1 amide bonds. The van der Waals surface area contributed by atoms with Gasteiger partial charge in [0.25, 0.3) is 0 Å². The maximum atomic E-state index is 12.0. The van der Waals surface area contributed by atoms with Crippen molar-refractivity contribution >= 4 is 34.1 Å². The van der Waals surface area contributed by atoms with Gasteiger partial charge in [0, 0.05) is 40.8 Å². The number of aromatic nitrogens is 1. The molecule has 1 aromatic heterocycles. The minimum atomic E-state index is -0.00930. The van der Waals surface area contributed by atoms with Gasteiger partial charge in [0.15, 0.2) is 0 Å². The average Bonchev–Trinajstić information content (AvgIpc) is 3.02. The van der Waals surface area contributed by atoms with Crippen molar-refractivity contribution in [2.45, 2.75) is 19.8 Å². The van der Waals surface area contributed by atoms with E-state index in [1.165, 1.54) is 10.9 Å². The smallest absolute Gasteiger partial charge is 0.225 e. The van der Waals surface area contributed by atoms with Crippen molar-refractivity contribution in [2.75, 3.05) is 18.4 Å². The Morgan fingerprint density at radius 2 is 1.96 bits per heavy atom. The maximum Gasteiger partial charge on any atom is 0.225 e. The van der Waals surface area contributed by atoms with Gasteiger partial charge in [-0.3, -0.25) is 4.79 Å². The second kappa shape index (κ2) is 8.19. The molecule has 0 aliphatic carbocycles. The van der Waals surface area contributed by atoms with Crippen LogP contribution < -0.4 is 10.6 Å². The van der Waals surface area contributed by atoms with Gasteiger partial charge in [-0.05, 0) is 49.2 Å². The van der Waals surface area contributed by atoms with Gasteiger partial charge in [-0.1, -0.05) is 35.9 Å². The van der Waals surface area contributed by atoms with Crippen LogP contribution in [0.5, 0.6) is 0 Å². The molecule has 0 saturated heterocycles. The minimum absolute atomic E-state index is 0.00930. The Morgan fingerprint density at radius 3 is 2.84 bits per heavy atom. The number of H-pyrrole nitrogens is 1. The largest absolute Gasteiger partial charge is 0.361 e. The Hall–Kier alpha value is -2.30. The van der Waals surface area contributed by atoms with Gasteiger partial charge in [0.1, 0.15) is 0 Å². The Balaban J connectivity index is 1.41. The van der Waals surface area contributed by atoms with E-state index in [1.54, 1.807) is 0 Å². The second-order valence-corrected chi connectivity index (χ2v) is 6.48. The number of carbonyl (C=O) groups is 1. The first-order chi connectivity index (χ1) is 12.1. The molecule has 5 heteroatoms. The van der Waals surface area contributed by atoms with Crippen molar-refractivity contribution in [3.63, 3.8) is 0 Å². The molecule has 25 heavy (non-hydrogen) atoms. The van der Waals surface area contributed by atoms with Crippen LogP contribution in [-0.2, 0) is 11.2 Å². The molecule has 3 rings (SSSR count). The molecule has 0 unspecified atom stereocenters. The quantitative estimate of drug-likeness (QED) is 0.554. The molecule has 3 N–H and O–H groups in total. The third-order valence-corrected chi connectivity index (χ3v) is 4.73. The highest BCUT2D eigenvalue weighted by atomic mass is 35.5. The molecule has 0 atom stereocenters. The van der Waals surface area contributed by atoms with Gasteiger partial charge >= 0.3 is 0 Å². The number of carbonyl (C=O) groups excluding carboxylic acids is 1. The summed E-state index contributed by atoms with van der Waals surface area (Å²) < 4.78 is 0. The monoisotopic (exact) mass is 355 g/mol. The first-order valence-electron chi connectivity index (χ1n) is 8.46. The van der Waals surface area contributed by atoms with Crippen molar-refractivity contribution < 1.29 is 4.79 Å². The van der Waals surface area contributed by atoms with Crippen molar-refractivity contribution in [2.24, 2.45) is 0 Å². The van der Waals surface area contributed by atoms with Gasteiger partial charge in [-0.25, -0.2) is 0 Å². The highest BCUT2D eigenvalue weighted by molar-refractivity contribution is 6.31. The molecule has 130 valence electrons. The van der Waals surface area contributed by atoms with Crippen LogP contribution in [0.4, 0.5) is 5.69 Å². The zero-order valence-corrected chi connectivity index (χ0v) is 15.0. The van der Waals surface area contributed by atoms with Crippen molar-refractivity contribution in [1.82, 2.24) is 10.3 Å². The van der Waals surface area contributed by atoms with Crippen LogP contribution in [0.3, 0.4) is 0 Å². The molecule has 0 spiro atoms. The molecule has 3 aromatic rings. The molecule has 2 aromatic carbocycles. The van der Waals surface area contributed by atoms with Crippen molar-refractivity contribution in [3.8, 4) is 0 Å². The van der Waals surface area contributed by atoms with Crippen LogP contribution in [0.2, 0.25) is 5.02 Å².